The number of alkyl halides is 3. The Kier molecular flexibility index (Phi) is 6.30. The highest BCUT2D eigenvalue weighted by Gasteiger charge is 2.41. The van der Waals surface area contributed by atoms with Crippen molar-refractivity contribution >= 4 is 32.7 Å². The summed E-state index contributed by atoms with van der Waals surface area (Å²) in [5.74, 6) is -0.874. The zero-order chi connectivity index (χ0) is 25.0. The van der Waals surface area contributed by atoms with Crippen LogP contribution in [0.4, 0.5) is 23.4 Å². The molecule has 2 bridgehead atoms. The second-order valence-corrected chi connectivity index (χ2v) is 10.5. The molecule has 3 aliphatic heterocycles. The van der Waals surface area contributed by atoms with Crippen LogP contribution in [0.15, 0.2) is 10.5 Å². The van der Waals surface area contributed by atoms with E-state index in [4.69, 9.17) is 4.74 Å². The molecule has 3 aliphatic rings. The van der Waals surface area contributed by atoms with E-state index >= 15 is 4.39 Å². The number of hydrogen-bond acceptors (Lipinski definition) is 7. The molecule has 188 valence electrons. The number of halogens is 5. The Bertz CT molecular complexity index is 1180. The van der Waals surface area contributed by atoms with Crippen LogP contribution in [0.2, 0.25) is 0 Å². The van der Waals surface area contributed by atoms with Crippen molar-refractivity contribution in [2.45, 2.75) is 55.9 Å². The van der Waals surface area contributed by atoms with Gasteiger partial charge >= 0.3 is 12.2 Å². The van der Waals surface area contributed by atoms with Crippen LogP contribution >= 0.6 is 15.9 Å². The molecular weight excluding hydrogens is 532 g/mol. The van der Waals surface area contributed by atoms with Gasteiger partial charge in [-0.25, -0.2) is 4.39 Å². The lowest BCUT2D eigenvalue weighted by molar-refractivity contribution is -0.138. The van der Waals surface area contributed by atoms with Crippen molar-refractivity contribution in [1.82, 2.24) is 20.2 Å². The maximum atomic E-state index is 15.3. The van der Waals surface area contributed by atoms with Crippen molar-refractivity contribution < 1.29 is 22.3 Å². The normalized spacial score (nSPS) is 26.9. The zero-order valence-electron chi connectivity index (χ0n) is 19.1. The SMILES string of the molecule is CN1CCCC1(CC#N)COc1nc(N2CC3CCC(C2)N3)c2cc(C(F)(F)F)c(Br)c(F)c2n1. The number of likely N-dealkylation sites (N-methyl/N-ethyl adjacent to an activating group) is 1. The first-order valence-corrected chi connectivity index (χ1v) is 12.4. The van der Waals surface area contributed by atoms with Crippen LogP contribution in [0.3, 0.4) is 0 Å². The highest BCUT2D eigenvalue weighted by atomic mass is 79.9. The molecule has 0 amide bonds. The number of nitrogens with one attached hydrogen (secondary N) is 1. The molecule has 5 rings (SSSR count). The third-order valence-corrected chi connectivity index (χ3v) is 8.25. The van der Waals surface area contributed by atoms with Crippen molar-refractivity contribution in [3.63, 3.8) is 0 Å². The maximum absolute atomic E-state index is 15.3. The Morgan fingerprint density at radius 2 is 2.00 bits per heavy atom. The third-order valence-electron chi connectivity index (χ3n) is 7.48. The molecule has 4 heterocycles. The summed E-state index contributed by atoms with van der Waals surface area (Å²) < 4.78 is 61.6. The van der Waals surface area contributed by atoms with Crippen LogP contribution < -0.4 is 15.0 Å². The standard InChI is InChI=1S/C23H25BrF4N6O/c1-33-8-2-5-22(33,6-7-29)12-35-21-31-19-15(9-16(23(26,27)28)17(24)18(19)25)20(32-21)34-10-13-3-4-14(11-34)30-13/h9,13-14,30H,2-6,8,10-12H2,1H3. The number of ether oxygens (including phenoxy) is 1. The first kappa shape index (κ1) is 24.5. The summed E-state index contributed by atoms with van der Waals surface area (Å²) in [4.78, 5) is 12.7. The Balaban J connectivity index is 1.59. The van der Waals surface area contributed by atoms with Gasteiger partial charge < -0.3 is 15.0 Å². The van der Waals surface area contributed by atoms with Crippen molar-refractivity contribution in [1.29, 1.82) is 5.26 Å². The number of rotatable bonds is 5. The van der Waals surface area contributed by atoms with Gasteiger partial charge in [-0.15, -0.1) is 0 Å². The number of nitrogens with zero attached hydrogens (tertiary/aromatic N) is 5. The number of aromatic nitrogens is 2. The Morgan fingerprint density at radius 3 is 2.60 bits per heavy atom. The topological polar surface area (TPSA) is 77.3 Å². The molecule has 3 fully saturated rings. The van der Waals surface area contributed by atoms with Crippen LogP contribution in [-0.2, 0) is 6.18 Å². The number of hydrogen-bond donors (Lipinski definition) is 1. The van der Waals surface area contributed by atoms with E-state index in [1.54, 1.807) is 0 Å². The van der Waals surface area contributed by atoms with Crippen molar-refractivity contribution in [3.05, 3.63) is 21.9 Å². The molecule has 3 saturated heterocycles. The minimum absolute atomic E-state index is 0.00334. The number of nitriles is 1. The minimum Gasteiger partial charge on any atom is -0.461 e. The average Bonchev–Trinajstić information content (AvgIpc) is 3.34. The summed E-state index contributed by atoms with van der Waals surface area (Å²) in [7, 11) is 1.92. The van der Waals surface area contributed by atoms with Gasteiger partial charge in [0.05, 0.1) is 28.1 Å². The lowest BCUT2D eigenvalue weighted by Gasteiger charge is -2.35. The lowest BCUT2D eigenvalue weighted by atomic mass is 9.94. The molecule has 3 unspecified atom stereocenters. The Morgan fingerprint density at radius 1 is 1.29 bits per heavy atom. The van der Waals surface area contributed by atoms with Gasteiger partial charge in [0.25, 0.3) is 0 Å². The smallest absolute Gasteiger partial charge is 0.417 e. The van der Waals surface area contributed by atoms with Gasteiger partial charge in [-0.1, -0.05) is 0 Å². The first-order valence-electron chi connectivity index (χ1n) is 11.6. The minimum atomic E-state index is -4.75. The molecule has 0 aliphatic carbocycles. The molecular formula is C23H25BrF4N6O. The van der Waals surface area contributed by atoms with Crippen LogP contribution in [0, 0.1) is 17.1 Å². The van der Waals surface area contributed by atoms with Crippen molar-refractivity contribution in [3.8, 4) is 12.1 Å². The fraction of sp³-hybridized carbons (Fsp3) is 0.609. The second-order valence-electron chi connectivity index (χ2n) is 9.69. The van der Waals surface area contributed by atoms with Gasteiger partial charge in [0.2, 0.25) is 0 Å². The number of piperazine rings is 1. The van der Waals surface area contributed by atoms with E-state index in [0.717, 1.165) is 38.3 Å². The molecule has 1 aromatic heterocycles. The van der Waals surface area contributed by atoms with Gasteiger partial charge in [0.1, 0.15) is 17.9 Å². The average molecular weight is 557 g/mol. The monoisotopic (exact) mass is 556 g/mol. The molecule has 12 heteroatoms. The largest absolute Gasteiger partial charge is 0.461 e. The predicted molar refractivity (Wildman–Crippen MR) is 125 cm³/mol. The maximum Gasteiger partial charge on any atom is 0.417 e. The molecule has 0 radical (unpaired) electrons. The number of anilines is 1. The predicted octanol–water partition coefficient (Wildman–Crippen LogP) is 4.25. The molecule has 0 saturated carbocycles. The number of fused-ring (bicyclic) bond motifs is 3. The van der Waals surface area contributed by atoms with E-state index in [9.17, 15) is 18.4 Å². The Hall–Kier alpha value is -2.23. The van der Waals surface area contributed by atoms with Gasteiger partial charge in [-0.3, -0.25) is 4.90 Å². The Labute approximate surface area is 208 Å². The third kappa shape index (κ3) is 4.42. The highest BCUT2D eigenvalue weighted by molar-refractivity contribution is 9.10. The number of benzene rings is 1. The van der Waals surface area contributed by atoms with Gasteiger partial charge in [0, 0.05) is 30.6 Å². The second kappa shape index (κ2) is 9.01. The van der Waals surface area contributed by atoms with E-state index in [1.165, 1.54) is 0 Å². The lowest BCUT2D eigenvalue weighted by Crippen LogP contribution is -2.51. The van der Waals surface area contributed by atoms with E-state index in [1.807, 2.05) is 11.9 Å². The summed E-state index contributed by atoms with van der Waals surface area (Å²) in [5.41, 5.74) is -1.86. The summed E-state index contributed by atoms with van der Waals surface area (Å²) >= 11 is 2.78. The van der Waals surface area contributed by atoms with Gasteiger partial charge in [-0.2, -0.15) is 28.4 Å². The molecule has 1 N–H and O–H groups in total. The molecule has 7 nitrogen and oxygen atoms in total. The van der Waals surface area contributed by atoms with Crippen molar-refractivity contribution in [2.24, 2.45) is 0 Å². The molecule has 1 aromatic carbocycles. The summed E-state index contributed by atoms with van der Waals surface area (Å²) in [6.07, 6.45) is -0.905. The van der Waals surface area contributed by atoms with Crippen LogP contribution in [0.1, 0.15) is 37.7 Å². The summed E-state index contributed by atoms with van der Waals surface area (Å²) in [6, 6.07) is 3.40. The summed E-state index contributed by atoms with van der Waals surface area (Å²) in [5, 5.41) is 12.8. The first-order chi connectivity index (χ1) is 16.6. The van der Waals surface area contributed by atoms with Crippen LogP contribution in [0.5, 0.6) is 6.01 Å². The fourth-order valence-electron chi connectivity index (χ4n) is 5.53. The number of likely N-dealkylation sites (tertiary alicyclic amines) is 1. The van der Waals surface area contributed by atoms with E-state index in [0.29, 0.717) is 13.1 Å². The van der Waals surface area contributed by atoms with Crippen LogP contribution in [-0.4, -0.2) is 65.8 Å². The summed E-state index contributed by atoms with van der Waals surface area (Å²) in [6.45, 7) is 2.03. The molecule has 35 heavy (non-hydrogen) atoms. The van der Waals surface area contributed by atoms with Crippen molar-refractivity contribution in [2.75, 3.05) is 38.2 Å². The zero-order valence-corrected chi connectivity index (χ0v) is 20.7. The van der Waals surface area contributed by atoms with Gasteiger partial charge in [0.15, 0.2) is 5.82 Å². The van der Waals surface area contributed by atoms with E-state index in [-0.39, 0.29) is 47.8 Å². The molecule has 0 spiro atoms. The van der Waals surface area contributed by atoms with Crippen LogP contribution in [0.25, 0.3) is 10.9 Å². The van der Waals surface area contributed by atoms with E-state index in [2.05, 4.69) is 42.2 Å². The quantitative estimate of drug-likeness (QED) is 0.551. The molecule has 2 aromatic rings. The van der Waals surface area contributed by atoms with Gasteiger partial charge in [-0.05, 0) is 61.3 Å². The fourth-order valence-corrected chi connectivity index (χ4v) is 6.05. The molecule has 3 atom stereocenters. The van der Waals surface area contributed by atoms with E-state index < -0.39 is 27.6 Å². The highest BCUT2D eigenvalue weighted by Crippen LogP contribution is 2.42.